The quantitative estimate of drug-likeness (QED) is 0.667. The second-order valence-corrected chi connectivity index (χ2v) is 7.26. The molecule has 1 aromatic heterocycles. The molecule has 3 rings (SSSR count). The minimum Gasteiger partial charge on any atom is -0.480 e. The number of aryl methyl sites for hydroxylation is 1. The van der Waals surface area contributed by atoms with Crippen molar-refractivity contribution in [2.75, 3.05) is 13.1 Å². The first-order chi connectivity index (χ1) is 12.9. The Kier molecular flexibility index (Phi) is 5.86. The van der Waals surface area contributed by atoms with E-state index in [0.29, 0.717) is 18.1 Å². The van der Waals surface area contributed by atoms with Gasteiger partial charge in [0.15, 0.2) is 0 Å². The van der Waals surface area contributed by atoms with Gasteiger partial charge in [-0.1, -0.05) is 18.5 Å². The van der Waals surface area contributed by atoms with Crippen molar-refractivity contribution in [3.05, 3.63) is 29.0 Å². The number of carbonyl (C=O) groups is 2. The highest BCUT2D eigenvalue weighted by molar-refractivity contribution is 6.31. The Morgan fingerprint density at radius 1 is 1.41 bits per heavy atom. The Labute approximate surface area is 162 Å². The predicted octanol–water partition coefficient (Wildman–Crippen LogP) is 1.96. The number of aromatic nitrogens is 2. The summed E-state index contributed by atoms with van der Waals surface area (Å²) in [5.41, 5.74) is 1.75. The van der Waals surface area contributed by atoms with Gasteiger partial charge in [0.05, 0.1) is 24.1 Å². The summed E-state index contributed by atoms with van der Waals surface area (Å²) in [4.78, 5) is 29.4. The zero-order valence-electron chi connectivity index (χ0n) is 15.4. The maximum Gasteiger partial charge on any atom is 0.317 e. The van der Waals surface area contributed by atoms with Crippen LogP contribution in [0, 0.1) is 0 Å². The molecule has 1 fully saturated rings. The van der Waals surface area contributed by atoms with Crippen molar-refractivity contribution in [1.82, 2.24) is 25.1 Å². The van der Waals surface area contributed by atoms with E-state index in [1.807, 2.05) is 35.6 Å². The van der Waals surface area contributed by atoms with Crippen molar-refractivity contribution in [3.63, 3.8) is 0 Å². The number of carbonyl (C=O) groups excluding carboxylic acids is 1. The lowest BCUT2D eigenvalue weighted by atomic mass is 9.85. The van der Waals surface area contributed by atoms with Crippen molar-refractivity contribution < 1.29 is 14.7 Å². The Bertz CT molecular complexity index is 847. The zero-order valence-corrected chi connectivity index (χ0v) is 16.2. The summed E-state index contributed by atoms with van der Waals surface area (Å²) < 4.78 is 1.93. The van der Waals surface area contributed by atoms with Crippen molar-refractivity contribution in [2.45, 2.75) is 38.4 Å². The molecule has 27 heavy (non-hydrogen) atoms. The molecule has 146 valence electrons. The van der Waals surface area contributed by atoms with E-state index < -0.39 is 5.97 Å². The zero-order chi connectivity index (χ0) is 19.6. The lowest BCUT2D eigenvalue weighted by Gasteiger charge is -2.42. The van der Waals surface area contributed by atoms with Crippen LogP contribution in [0.15, 0.2) is 18.2 Å². The maximum atomic E-state index is 12.1. The van der Waals surface area contributed by atoms with E-state index in [-0.39, 0.29) is 24.7 Å². The van der Waals surface area contributed by atoms with Crippen LogP contribution < -0.4 is 10.6 Å². The van der Waals surface area contributed by atoms with Gasteiger partial charge in [-0.15, -0.1) is 0 Å². The summed E-state index contributed by atoms with van der Waals surface area (Å²) in [5, 5.41) is 15.3. The molecule has 2 aromatic rings. The van der Waals surface area contributed by atoms with Gasteiger partial charge in [-0.05, 0) is 37.6 Å². The van der Waals surface area contributed by atoms with Gasteiger partial charge in [0.2, 0.25) is 0 Å². The first-order valence-electron chi connectivity index (χ1n) is 8.98. The molecular weight excluding hydrogens is 370 g/mol. The van der Waals surface area contributed by atoms with E-state index in [2.05, 4.69) is 15.6 Å². The molecule has 1 aliphatic rings. The van der Waals surface area contributed by atoms with Gasteiger partial charge in [-0.25, -0.2) is 9.78 Å². The fourth-order valence-corrected chi connectivity index (χ4v) is 3.62. The fourth-order valence-electron chi connectivity index (χ4n) is 3.45. The first-order valence-corrected chi connectivity index (χ1v) is 9.36. The van der Waals surface area contributed by atoms with E-state index in [4.69, 9.17) is 16.7 Å². The van der Waals surface area contributed by atoms with Crippen LogP contribution in [0.2, 0.25) is 5.02 Å². The van der Waals surface area contributed by atoms with Crippen molar-refractivity contribution in [1.29, 1.82) is 0 Å². The third-order valence-corrected chi connectivity index (χ3v) is 5.29. The Morgan fingerprint density at radius 3 is 2.81 bits per heavy atom. The van der Waals surface area contributed by atoms with Gasteiger partial charge in [0, 0.05) is 24.2 Å². The molecule has 0 spiro atoms. The highest BCUT2D eigenvalue weighted by Gasteiger charge is 2.34. The lowest BCUT2D eigenvalue weighted by molar-refractivity contribution is -0.139. The van der Waals surface area contributed by atoms with Crippen LogP contribution in [0.4, 0.5) is 4.79 Å². The van der Waals surface area contributed by atoms with Gasteiger partial charge < -0.3 is 20.3 Å². The normalized spacial score (nSPS) is 19.1. The summed E-state index contributed by atoms with van der Waals surface area (Å²) in [7, 11) is 1.90. The fraction of sp³-hybridized carbons (Fsp3) is 0.500. The molecule has 1 aliphatic carbocycles. The third-order valence-electron chi connectivity index (χ3n) is 5.05. The van der Waals surface area contributed by atoms with Gasteiger partial charge in [-0.2, -0.15) is 0 Å². The summed E-state index contributed by atoms with van der Waals surface area (Å²) >= 11 is 5.99. The monoisotopic (exact) mass is 393 g/mol. The van der Waals surface area contributed by atoms with E-state index in [1.165, 1.54) is 0 Å². The average Bonchev–Trinajstić information content (AvgIpc) is 2.89. The van der Waals surface area contributed by atoms with Crippen LogP contribution in [-0.4, -0.2) is 56.7 Å². The highest BCUT2D eigenvalue weighted by atomic mass is 35.5. The van der Waals surface area contributed by atoms with E-state index in [0.717, 1.165) is 29.7 Å². The molecule has 2 amide bonds. The molecule has 0 atom stereocenters. The van der Waals surface area contributed by atoms with Crippen molar-refractivity contribution >= 4 is 34.6 Å². The third kappa shape index (κ3) is 4.51. The Morgan fingerprint density at radius 2 is 2.15 bits per heavy atom. The number of amides is 2. The van der Waals surface area contributed by atoms with Gasteiger partial charge in [-0.3, -0.25) is 9.69 Å². The number of imidazole rings is 1. The lowest BCUT2D eigenvalue weighted by Crippen LogP contribution is -2.56. The number of carboxylic acids is 1. The van der Waals surface area contributed by atoms with Crippen molar-refractivity contribution in [2.24, 2.45) is 7.05 Å². The van der Waals surface area contributed by atoms with Crippen LogP contribution in [0.5, 0.6) is 0 Å². The number of hydrogen-bond donors (Lipinski definition) is 3. The second-order valence-electron chi connectivity index (χ2n) is 6.83. The summed E-state index contributed by atoms with van der Waals surface area (Å²) in [5.74, 6) is -0.0812. The average molecular weight is 394 g/mol. The van der Waals surface area contributed by atoms with Gasteiger partial charge in [0.25, 0.3) is 0 Å². The number of nitrogens with zero attached hydrogens (tertiary/aromatic N) is 3. The molecule has 9 heteroatoms. The minimum absolute atomic E-state index is 0.0385. The van der Waals surface area contributed by atoms with Crippen LogP contribution >= 0.6 is 11.6 Å². The maximum absolute atomic E-state index is 12.1. The number of hydrogen-bond acceptors (Lipinski definition) is 4. The van der Waals surface area contributed by atoms with Crippen LogP contribution in [0.25, 0.3) is 11.0 Å². The molecule has 0 bridgehead atoms. The number of urea groups is 1. The Balaban J connectivity index is 1.47. The van der Waals surface area contributed by atoms with Crippen LogP contribution in [-0.2, 0) is 18.4 Å². The smallest absolute Gasteiger partial charge is 0.317 e. The van der Waals surface area contributed by atoms with E-state index in [1.54, 1.807) is 6.07 Å². The number of carboxylic acid groups (broad SMARTS) is 1. The van der Waals surface area contributed by atoms with Gasteiger partial charge >= 0.3 is 12.0 Å². The first kappa shape index (κ1) is 19.4. The molecule has 1 heterocycles. The molecule has 8 nitrogen and oxygen atoms in total. The number of likely N-dealkylation sites (N-methyl/N-ethyl adjacent to an activating group) is 1. The highest BCUT2D eigenvalue weighted by Crippen LogP contribution is 2.25. The summed E-state index contributed by atoms with van der Waals surface area (Å²) in [6.07, 6.45) is 1.53. The SMILES string of the molecule is CCN(CC(=O)O)C1CC(NC(=O)NCc2nc3cc(Cl)ccc3n2C)C1. The van der Waals surface area contributed by atoms with Crippen molar-refractivity contribution in [3.8, 4) is 0 Å². The molecule has 0 radical (unpaired) electrons. The number of aliphatic carboxylic acids is 1. The summed E-state index contributed by atoms with van der Waals surface area (Å²) in [6.45, 7) is 2.98. The number of nitrogens with one attached hydrogen (secondary N) is 2. The van der Waals surface area contributed by atoms with E-state index in [9.17, 15) is 9.59 Å². The van der Waals surface area contributed by atoms with Crippen LogP contribution in [0.1, 0.15) is 25.6 Å². The number of fused-ring (bicyclic) bond motifs is 1. The molecule has 0 aliphatic heterocycles. The molecule has 1 aromatic carbocycles. The molecule has 3 N–H and O–H groups in total. The number of benzene rings is 1. The minimum atomic E-state index is -0.824. The molecular formula is C18H24ClN5O3. The van der Waals surface area contributed by atoms with Gasteiger partial charge in [0.1, 0.15) is 5.82 Å². The Hall–Kier alpha value is -2.32. The topological polar surface area (TPSA) is 99.5 Å². The second kappa shape index (κ2) is 8.14. The number of halogens is 1. The summed E-state index contributed by atoms with van der Waals surface area (Å²) in [6, 6.07) is 5.54. The molecule has 0 unspecified atom stereocenters. The molecule has 1 saturated carbocycles. The van der Waals surface area contributed by atoms with E-state index >= 15 is 0 Å². The molecule has 0 saturated heterocycles. The largest absolute Gasteiger partial charge is 0.480 e. The standard InChI is InChI=1S/C18H24ClN5O3/c1-3-24(10-17(25)26)13-7-12(8-13)21-18(27)20-9-16-22-14-6-11(19)4-5-15(14)23(16)2/h4-6,12-13H,3,7-10H2,1-2H3,(H,25,26)(H2,20,21,27). The number of rotatable bonds is 7. The van der Waals surface area contributed by atoms with Crippen LogP contribution in [0.3, 0.4) is 0 Å². The predicted molar refractivity (Wildman–Crippen MR) is 103 cm³/mol.